The second-order valence-electron chi connectivity index (χ2n) is 6.95. The fourth-order valence-corrected chi connectivity index (χ4v) is 4.12. The van der Waals surface area contributed by atoms with Crippen molar-refractivity contribution in [3.05, 3.63) is 41.1 Å². The molecule has 2 aromatic heterocycles. The SMILES string of the molecule is CCc1nc(-c2ncn3c2CN(C(=O)N2CCCC2)c2c(Cl)cccc2-3)no1. The molecule has 1 saturated heterocycles. The maximum absolute atomic E-state index is 13.3. The summed E-state index contributed by atoms with van der Waals surface area (Å²) in [5.41, 5.74) is 2.98. The molecule has 1 fully saturated rings. The highest BCUT2D eigenvalue weighted by Crippen LogP contribution is 2.40. The van der Waals surface area contributed by atoms with Gasteiger partial charge in [0.05, 0.1) is 28.6 Å². The van der Waals surface area contributed by atoms with Crippen LogP contribution in [0.2, 0.25) is 5.02 Å². The molecule has 0 radical (unpaired) electrons. The predicted octanol–water partition coefficient (Wildman–Crippen LogP) is 3.67. The number of aromatic nitrogens is 4. The van der Waals surface area contributed by atoms with Gasteiger partial charge in [0.1, 0.15) is 12.0 Å². The molecule has 3 aromatic rings. The van der Waals surface area contributed by atoms with E-state index in [0.29, 0.717) is 41.1 Å². The number of benzene rings is 1. The first kappa shape index (κ1) is 17.2. The van der Waals surface area contributed by atoms with Crippen LogP contribution < -0.4 is 4.90 Å². The minimum absolute atomic E-state index is 0.0346. The van der Waals surface area contributed by atoms with Gasteiger partial charge in [-0.3, -0.25) is 9.47 Å². The number of fused-ring (bicyclic) bond motifs is 3. The molecule has 28 heavy (non-hydrogen) atoms. The summed E-state index contributed by atoms with van der Waals surface area (Å²) in [5.74, 6) is 0.991. The van der Waals surface area contributed by atoms with Gasteiger partial charge in [-0.15, -0.1) is 0 Å². The summed E-state index contributed by atoms with van der Waals surface area (Å²) in [7, 11) is 0. The third-order valence-electron chi connectivity index (χ3n) is 5.26. The Balaban J connectivity index is 1.63. The largest absolute Gasteiger partial charge is 0.339 e. The zero-order valence-electron chi connectivity index (χ0n) is 15.4. The number of aryl methyl sites for hydroxylation is 1. The van der Waals surface area contributed by atoms with Crippen LogP contribution in [0.1, 0.15) is 31.4 Å². The van der Waals surface area contributed by atoms with E-state index in [4.69, 9.17) is 16.1 Å². The third-order valence-corrected chi connectivity index (χ3v) is 5.56. The number of amides is 2. The highest BCUT2D eigenvalue weighted by molar-refractivity contribution is 6.34. The minimum atomic E-state index is -0.0346. The van der Waals surface area contributed by atoms with E-state index in [1.54, 1.807) is 17.3 Å². The molecule has 0 aliphatic carbocycles. The zero-order chi connectivity index (χ0) is 19.3. The topological polar surface area (TPSA) is 80.3 Å². The van der Waals surface area contributed by atoms with E-state index in [-0.39, 0.29) is 6.03 Å². The van der Waals surface area contributed by atoms with Crippen molar-refractivity contribution in [2.75, 3.05) is 18.0 Å². The van der Waals surface area contributed by atoms with Crippen molar-refractivity contribution in [2.45, 2.75) is 32.7 Å². The van der Waals surface area contributed by atoms with Crippen molar-refractivity contribution in [3.8, 4) is 17.2 Å². The van der Waals surface area contributed by atoms with Gasteiger partial charge in [-0.05, 0) is 25.0 Å². The molecule has 0 atom stereocenters. The van der Waals surface area contributed by atoms with E-state index in [1.807, 2.05) is 28.5 Å². The lowest BCUT2D eigenvalue weighted by Gasteiger charge is -2.34. The highest BCUT2D eigenvalue weighted by Gasteiger charge is 2.34. The smallest absolute Gasteiger partial charge is 0.324 e. The van der Waals surface area contributed by atoms with Crippen molar-refractivity contribution in [1.29, 1.82) is 0 Å². The number of carbonyl (C=O) groups is 1. The number of nitrogens with zero attached hydrogens (tertiary/aromatic N) is 6. The number of halogens is 1. The lowest BCUT2D eigenvalue weighted by molar-refractivity contribution is 0.214. The standard InChI is InChI=1S/C19H19ClN6O2/c1-2-15-22-18(23-28-15)16-14-10-25(19(27)24-8-3-4-9-24)17-12(20)6-5-7-13(17)26(14)11-21-16/h5-7,11H,2-4,8-10H2,1H3. The molecular formula is C19H19ClN6O2. The Morgan fingerprint density at radius 2 is 2.11 bits per heavy atom. The van der Waals surface area contributed by atoms with Crippen molar-refractivity contribution in [3.63, 3.8) is 0 Å². The quantitative estimate of drug-likeness (QED) is 0.657. The van der Waals surface area contributed by atoms with Crippen molar-refractivity contribution in [1.82, 2.24) is 24.6 Å². The molecule has 0 unspecified atom stereocenters. The first-order valence-corrected chi connectivity index (χ1v) is 9.79. The Bertz CT molecular complexity index is 1050. The van der Waals surface area contributed by atoms with Gasteiger partial charge in [-0.2, -0.15) is 4.98 Å². The normalized spacial score (nSPS) is 15.6. The molecule has 4 heterocycles. The molecular weight excluding hydrogens is 380 g/mol. The van der Waals surface area contributed by atoms with Crippen molar-refractivity contribution in [2.24, 2.45) is 0 Å². The lowest BCUT2D eigenvalue weighted by atomic mass is 10.1. The zero-order valence-corrected chi connectivity index (χ0v) is 16.2. The molecule has 0 saturated carbocycles. The summed E-state index contributed by atoms with van der Waals surface area (Å²) in [6.45, 7) is 3.84. The van der Waals surface area contributed by atoms with Crippen LogP contribution in [0, 0.1) is 0 Å². The lowest BCUT2D eigenvalue weighted by Crippen LogP contribution is -2.44. The van der Waals surface area contributed by atoms with Crippen molar-refractivity contribution >= 4 is 23.3 Å². The molecule has 0 N–H and O–H groups in total. The third kappa shape index (κ3) is 2.59. The molecule has 0 bridgehead atoms. The first-order chi connectivity index (χ1) is 13.7. The second-order valence-corrected chi connectivity index (χ2v) is 7.35. The van der Waals surface area contributed by atoms with Gasteiger partial charge in [-0.25, -0.2) is 9.78 Å². The van der Waals surface area contributed by atoms with Crippen LogP contribution in [-0.4, -0.2) is 43.7 Å². The van der Waals surface area contributed by atoms with Crippen LogP contribution in [-0.2, 0) is 13.0 Å². The van der Waals surface area contributed by atoms with Crippen LogP contribution >= 0.6 is 11.6 Å². The minimum Gasteiger partial charge on any atom is -0.339 e. The van der Waals surface area contributed by atoms with Gasteiger partial charge in [0, 0.05) is 19.5 Å². The van der Waals surface area contributed by atoms with Gasteiger partial charge in [0.2, 0.25) is 11.7 Å². The van der Waals surface area contributed by atoms with Crippen LogP contribution in [0.3, 0.4) is 0 Å². The number of hydrogen-bond donors (Lipinski definition) is 0. The molecule has 8 nitrogen and oxygen atoms in total. The summed E-state index contributed by atoms with van der Waals surface area (Å²) in [6, 6.07) is 5.58. The maximum Gasteiger partial charge on any atom is 0.324 e. The summed E-state index contributed by atoms with van der Waals surface area (Å²) < 4.78 is 7.20. The Morgan fingerprint density at radius 1 is 1.29 bits per heavy atom. The molecule has 0 spiro atoms. The van der Waals surface area contributed by atoms with E-state index in [1.165, 1.54) is 0 Å². The van der Waals surface area contributed by atoms with Gasteiger partial charge in [0.15, 0.2) is 0 Å². The van der Waals surface area contributed by atoms with E-state index in [9.17, 15) is 4.79 Å². The highest BCUT2D eigenvalue weighted by atomic mass is 35.5. The fourth-order valence-electron chi connectivity index (χ4n) is 3.85. The van der Waals surface area contributed by atoms with Crippen LogP contribution in [0.25, 0.3) is 17.2 Å². The van der Waals surface area contributed by atoms with E-state index < -0.39 is 0 Å². The second kappa shape index (κ2) is 6.63. The van der Waals surface area contributed by atoms with E-state index in [0.717, 1.165) is 37.3 Å². The van der Waals surface area contributed by atoms with Gasteiger partial charge >= 0.3 is 6.03 Å². The average molecular weight is 399 g/mol. The Kier molecular flexibility index (Phi) is 4.08. The number of anilines is 1. The van der Waals surface area contributed by atoms with Crippen LogP contribution in [0.5, 0.6) is 0 Å². The molecule has 9 heteroatoms. The van der Waals surface area contributed by atoms with E-state index in [2.05, 4.69) is 15.1 Å². The summed E-state index contributed by atoms with van der Waals surface area (Å²) in [5, 5.41) is 4.60. The Labute approximate surface area is 166 Å². The van der Waals surface area contributed by atoms with Crippen molar-refractivity contribution < 1.29 is 9.32 Å². The number of imidazole rings is 1. The van der Waals surface area contributed by atoms with E-state index >= 15 is 0 Å². The number of rotatable bonds is 2. The summed E-state index contributed by atoms with van der Waals surface area (Å²) in [6.07, 6.45) is 4.43. The Morgan fingerprint density at radius 3 is 2.86 bits per heavy atom. The van der Waals surface area contributed by atoms with Crippen LogP contribution in [0.4, 0.5) is 10.5 Å². The van der Waals surface area contributed by atoms with Crippen LogP contribution in [0.15, 0.2) is 29.0 Å². The number of urea groups is 1. The van der Waals surface area contributed by atoms with Gasteiger partial charge < -0.3 is 9.42 Å². The fraction of sp³-hybridized carbons (Fsp3) is 0.368. The monoisotopic (exact) mass is 398 g/mol. The number of likely N-dealkylation sites (tertiary alicyclic amines) is 1. The van der Waals surface area contributed by atoms with Gasteiger partial charge in [-0.1, -0.05) is 29.7 Å². The number of hydrogen-bond acceptors (Lipinski definition) is 5. The molecule has 144 valence electrons. The predicted molar refractivity (Wildman–Crippen MR) is 104 cm³/mol. The number of carbonyl (C=O) groups excluding carboxylic acids is 1. The molecule has 5 rings (SSSR count). The molecule has 2 aliphatic heterocycles. The summed E-state index contributed by atoms with van der Waals surface area (Å²) in [4.78, 5) is 25.8. The first-order valence-electron chi connectivity index (χ1n) is 9.42. The summed E-state index contributed by atoms with van der Waals surface area (Å²) >= 11 is 6.51. The maximum atomic E-state index is 13.3. The average Bonchev–Trinajstić information content (AvgIpc) is 3.46. The van der Waals surface area contributed by atoms with Gasteiger partial charge in [0.25, 0.3) is 0 Å². The molecule has 2 aliphatic rings. The Hall–Kier alpha value is -2.87. The molecule has 2 amide bonds. The molecule has 1 aromatic carbocycles. The number of para-hydroxylation sites is 1.